The molecule has 0 saturated heterocycles. The second-order valence-electron chi connectivity index (χ2n) is 4.87. The van der Waals surface area contributed by atoms with E-state index in [1.165, 1.54) is 0 Å². The van der Waals surface area contributed by atoms with Crippen LogP contribution in [0.3, 0.4) is 0 Å². The summed E-state index contributed by atoms with van der Waals surface area (Å²) >= 11 is 0. The maximum absolute atomic E-state index is 13.4. The third-order valence-corrected chi connectivity index (χ3v) is 2.40. The molecule has 0 atom stereocenters. The van der Waals surface area contributed by atoms with Crippen LogP contribution in [-0.2, 0) is 5.41 Å². The Bertz CT molecular complexity index is 326. The molecule has 0 amide bonds. The molecular weight excluding hydrogens is 189 g/mol. The molecule has 0 unspecified atom stereocenters. The van der Waals surface area contributed by atoms with Gasteiger partial charge in [-0.3, -0.25) is 0 Å². The van der Waals surface area contributed by atoms with Gasteiger partial charge in [0.05, 0.1) is 5.69 Å². The molecular formula is C13H20FN. The van der Waals surface area contributed by atoms with Crippen molar-refractivity contribution in [1.82, 2.24) is 0 Å². The summed E-state index contributed by atoms with van der Waals surface area (Å²) in [6.45, 7) is 9.26. The van der Waals surface area contributed by atoms with E-state index in [4.69, 9.17) is 0 Å². The smallest absolute Gasteiger partial charge is 0.146 e. The lowest BCUT2D eigenvalue weighted by molar-refractivity contribution is 0.583. The van der Waals surface area contributed by atoms with Gasteiger partial charge in [0.2, 0.25) is 0 Å². The molecule has 0 fully saturated rings. The summed E-state index contributed by atoms with van der Waals surface area (Å²) in [6, 6.07) is 5.30. The van der Waals surface area contributed by atoms with Gasteiger partial charge in [0.15, 0.2) is 0 Å². The number of anilines is 1. The minimum Gasteiger partial charge on any atom is -0.383 e. The molecule has 0 radical (unpaired) electrons. The van der Waals surface area contributed by atoms with Crippen LogP contribution in [0.2, 0.25) is 0 Å². The first kappa shape index (κ1) is 12.0. The van der Waals surface area contributed by atoms with E-state index < -0.39 is 0 Å². The first-order valence-corrected chi connectivity index (χ1v) is 5.49. The van der Waals surface area contributed by atoms with Crippen molar-refractivity contribution >= 4 is 5.69 Å². The molecule has 1 nitrogen and oxygen atoms in total. The molecule has 0 bridgehead atoms. The molecule has 0 saturated carbocycles. The van der Waals surface area contributed by atoms with Crippen LogP contribution in [0.1, 0.15) is 39.7 Å². The summed E-state index contributed by atoms with van der Waals surface area (Å²) in [5, 5.41) is 3.10. The lowest BCUT2D eigenvalue weighted by Crippen LogP contribution is -2.12. The van der Waals surface area contributed by atoms with Crippen molar-refractivity contribution in [3.63, 3.8) is 0 Å². The zero-order valence-electron chi connectivity index (χ0n) is 10.0. The van der Waals surface area contributed by atoms with E-state index in [-0.39, 0.29) is 11.2 Å². The van der Waals surface area contributed by atoms with Crippen molar-refractivity contribution in [2.75, 3.05) is 11.9 Å². The van der Waals surface area contributed by atoms with E-state index in [1.54, 1.807) is 6.07 Å². The summed E-state index contributed by atoms with van der Waals surface area (Å²) in [5.41, 5.74) is 1.84. The van der Waals surface area contributed by atoms with E-state index in [1.807, 2.05) is 12.1 Å². The molecule has 0 heterocycles. The maximum atomic E-state index is 13.4. The minimum absolute atomic E-state index is 0.0658. The standard InChI is InChI=1S/C13H20FN/c1-5-8-15-12-9-10(13(2,3)4)6-7-11(12)14/h6-7,9,15H,5,8H2,1-4H3. The van der Waals surface area contributed by atoms with Crippen molar-refractivity contribution in [3.05, 3.63) is 29.6 Å². The Kier molecular flexibility index (Phi) is 3.72. The zero-order valence-corrected chi connectivity index (χ0v) is 10.0. The largest absolute Gasteiger partial charge is 0.383 e. The van der Waals surface area contributed by atoms with Gasteiger partial charge in [0, 0.05) is 6.54 Å². The van der Waals surface area contributed by atoms with Gasteiger partial charge in [-0.05, 0) is 29.5 Å². The average molecular weight is 209 g/mol. The normalized spacial score (nSPS) is 11.5. The van der Waals surface area contributed by atoms with Crippen molar-refractivity contribution in [2.24, 2.45) is 0 Å². The Morgan fingerprint density at radius 3 is 2.47 bits per heavy atom. The van der Waals surface area contributed by atoms with Crippen LogP contribution < -0.4 is 5.32 Å². The second-order valence-corrected chi connectivity index (χ2v) is 4.87. The van der Waals surface area contributed by atoms with Crippen molar-refractivity contribution in [2.45, 2.75) is 39.5 Å². The van der Waals surface area contributed by atoms with Gasteiger partial charge in [-0.2, -0.15) is 0 Å². The van der Waals surface area contributed by atoms with E-state index in [0.717, 1.165) is 18.5 Å². The molecule has 2 heteroatoms. The molecule has 0 aliphatic rings. The summed E-state index contributed by atoms with van der Waals surface area (Å²) < 4.78 is 13.4. The molecule has 1 aromatic carbocycles. The SMILES string of the molecule is CCCNc1cc(C(C)(C)C)ccc1F. The van der Waals surface area contributed by atoms with Gasteiger partial charge in [0.1, 0.15) is 5.82 Å². The number of benzene rings is 1. The van der Waals surface area contributed by atoms with Crippen molar-refractivity contribution in [3.8, 4) is 0 Å². The van der Waals surface area contributed by atoms with Crippen LogP contribution in [0.25, 0.3) is 0 Å². The highest BCUT2D eigenvalue weighted by Gasteiger charge is 2.15. The molecule has 0 aromatic heterocycles. The number of rotatable bonds is 3. The minimum atomic E-state index is -0.170. The fourth-order valence-corrected chi connectivity index (χ4v) is 1.39. The Morgan fingerprint density at radius 2 is 1.93 bits per heavy atom. The number of halogens is 1. The predicted octanol–water partition coefficient (Wildman–Crippen LogP) is 3.95. The number of hydrogen-bond acceptors (Lipinski definition) is 1. The third-order valence-electron chi connectivity index (χ3n) is 2.40. The van der Waals surface area contributed by atoms with Gasteiger partial charge in [-0.15, -0.1) is 0 Å². The number of nitrogens with one attached hydrogen (secondary N) is 1. The summed E-state index contributed by atoms with van der Waals surface area (Å²) in [5.74, 6) is -0.170. The highest BCUT2D eigenvalue weighted by molar-refractivity contribution is 5.48. The van der Waals surface area contributed by atoms with Gasteiger partial charge in [-0.1, -0.05) is 33.8 Å². The molecule has 1 aromatic rings. The lowest BCUT2D eigenvalue weighted by Gasteiger charge is -2.20. The van der Waals surface area contributed by atoms with E-state index in [9.17, 15) is 4.39 Å². The summed E-state index contributed by atoms with van der Waals surface area (Å²) in [6.07, 6.45) is 0.999. The fraction of sp³-hybridized carbons (Fsp3) is 0.538. The monoisotopic (exact) mass is 209 g/mol. The summed E-state index contributed by atoms with van der Waals surface area (Å²) in [4.78, 5) is 0. The fourth-order valence-electron chi connectivity index (χ4n) is 1.39. The van der Waals surface area contributed by atoms with Crippen LogP contribution in [0, 0.1) is 5.82 Å². The lowest BCUT2D eigenvalue weighted by atomic mass is 9.87. The van der Waals surface area contributed by atoms with E-state index in [0.29, 0.717) is 5.69 Å². The Labute approximate surface area is 91.7 Å². The molecule has 15 heavy (non-hydrogen) atoms. The highest BCUT2D eigenvalue weighted by atomic mass is 19.1. The second kappa shape index (κ2) is 4.65. The maximum Gasteiger partial charge on any atom is 0.146 e. The first-order valence-electron chi connectivity index (χ1n) is 5.49. The van der Waals surface area contributed by atoms with Crippen molar-refractivity contribution < 1.29 is 4.39 Å². The quantitative estimate of drug-likeness (QED) is 0.795. The van der Waals surface area contributed by atoms with Gasteiger partial charge < -0.3 is 5.32 Å². The van der Waals surface area contributed by atoms with Gasteiger partial charge in [0.25, 0.3) is 0 Å². The van der Waals surface area contributed by atoms with Crippen LogP contribution in [0.4, 0.5) is 10.1 Å². The highest BCUT2D eigenvalue weighted by Crippen LogP contribution is 2.26. The van der Waals surface area contributed by atoms with Crippen LogP contribution in [-0.4, -0.2) is 6.54 Å². The average Bonchev–Trinajstić information content (AvgIpc) is 2.15. The summed E-state index contributed by atoms with van der Waals surface area (Å²) in [7, 11) is 0. The Hall–Kier alpha value is -1.05. The van der Waals surface area contributed by atoms with Crippen LogP contribution >= 0.6 is 0 Å². The Balaban J connectivity index is 2.95. The van der Waals surface area contributed by atoms with E-state index >= 15 is 0 Å². The number of hydrogen-bond donors (Lipinski definition) is 1. The molecule has 1 rings (SSSR count). The predicted molar refractivity (Wildman–Crippen MR) is 63.9 cm³/mol. The van der Waals surface area contributed by atoms with Crippen LogP contribution in [0.5, 0.6) is 0 Å². The molecule has 0 aliphatic heterocycles. The van der Waals surface area contributed by atoms with Crippen LogP contribution in [0.15, 0.2) is 18.2 Å². The zero-order chi connectivity index (χ0) is 11.5. The molecule has 0 spiro atoms. The first-order chi connectivity index (χ1) is 6.95. The molecule has 0 aliphatic carbocycles. The third kappa shape index (κ3) is 3.22. The van der Waals surface area contributed by atoms with Gasteiger partial charge >= 0.3 is 0 Å². The Morgan fingerprint density at radius 1 is 1.27 bits per heavy atom. The topological polar surface area (TPSA) is 12.0 Å². The van der Waals surface area contributed by atoms with Crippen molar-refractivity contribution in [1.29, 1.82) is 0 Å². The van der Waals surface area contributed by atoms with E-state index in [2.05, 4.69) is 33.0 Å². The molecule has 84 valence electrons. The van der Waals surface area contributed by atoms with Gasteiger partial charge in [-0.25, -0.2) is 4.39 Å². The molecule has 1 N–H and O–H groups in total.